The third-order valence-electron chi connectivity index (χ3n) is 5.22. The number of hydrogen-bond acceptors (Lipinski definition) is 2. The van der Waals surface area contributed by atoms with Crippen molar-refractivity contribution in [3.63, 3.8) is 0 Å². The normalized spacial score (nSPS) is 33.5. The van der Waals surface area contributed by atoms with Gasteiger partial charge >= 0.3 is 0 Å². The highest BCUT2D eigenvalue weighted by atomic mass is 15.2. The van der Waals surface area contributed by atoms with Gasteiger partial charge < -0.3 is 10.2 Å². The van der Waals surface area contributed by atoms with Crippen molar-refractivity contribution in [2.24, 2.45) is 5.41 Å². The third kappa shape index (κ3) is 3.48. The average Bonchev–Trinajstić information content (AvgIpc) is 3.14. The number of nitrogens with zero attached hydrogens (tertiary/aromatic N) is 1. The van der Waals surface area contributed by atoms with E-state index in [1.807, 2.05) is 0 Å². The van der Waals surface area contributed by atoms with Crippen LogP contribution >= 0.6 is 0 Å². The van der Waals surface area contributed by atoms with E-state index in [1.165, 1.54) is 77.4 Å². The van der Waals surface area contributed by atoms with E-state index in [-0.39, 0.29) is 0 Å². The zero-order valence-electron chi connectivity index (χ0n) is 12.1. The average molecular weight is 250 g/mol. The number of nitrogens with one attached hydrogen (secondary N) is 1. The maximum absolute atomic E-state index is 3.83. The van der Waals surface area contributed by atoms with E-state index < -0.39 is 0 Å². The second-order valence-electron chi connectivity index (χ2n) is 7.39. The Morgan fingerprint density at radius 2 is 1.78 bits per heavy atom. The van der Waals surface area contributed by atoms with Crippen molar-refractivity contribution in [1.29, 1.82) is 0 Å². The molecule has 0 spiro atoms. The van der Waals surface area contributed by atoms with E-state index in [0.29, 0.717) is 5.41 Å². The Morgan fingerprint density at radius 3 is 2.50 bits per heavy atom. The first kappa shape index (κ1) is 12.9. The molecule has 2 heteroatoms. The molecule has 0 aromatic rings. The van der Waals surface area contributed by atoms with Crippen LogP contribution in [0, 0.1) is 5.41 Å². The lowest BCUT2D eigenvalue weighted by atomic mass is 9.75. The molecule has 0 aromatic carbocycles. The van der Waals surface area contributed by atoms with Crippen LogP contribution in [-0.2, 0) is 0 Å². The summed E-state index contributed by atoms with van der Waals surface area (Å²) < 4.78 is 0. The molecule has 18 heavy (non-hydrogen) atoms. The van der Waals surface area contributed by atoms with Gasteiger partial charge in [0.25, 0.3) is 0 Å². The monoisotopic (exact) mass is 250 g/mol. The molecule has 0 bridgehead atoms. The highest BCUT2D eigenvalue weighted by Crippen LogP contribution is 2.37. The van der Waals surface area contributed by atoms with Crippen LogP contribution in [0.25, 0.3) is 0 Å². The van der Waals surface area contributed by atoms with Gasteiger partial charge in [0.2, 0.25) is 0 Å². The second-order valence-corrected chi connectivity index (χ2v) is 7.39. The highest BCUT2D eigenvalue weighted by Gasteiger charge is 2.32. The zero-order valence-corrected chi connectivity index (χ0v) is 12.1. The predicted octanol–water partition coefficient (Wildman–Crippen LogP) is 3.17. The fraction of sp³-hybridized carbons (Fsp3) is 1.00. The standard InChI is InChI=1S/C16H30N2/c1-16(9-3-2-4-10-16)13-18-11-5-6-15(12-18)17-14-7-8-14/h14-15,17H,2-13H2,1H3. The fourth-order valence-corrected chi connectivity index (χ4v) is 4.02. The first-order valence-corrected chi connectivity index (χ1v) is 8.22. The number of rotatable bonds is 4. The summed E-state index contributed by atoms with van der Waals surface area (Å²) in [6, 6.07) is 1.67. The van der Waals surface area contributed by atoms with E-state index in [4.69, 9.17) is 0 Å². The van der Waals surface area contributed by atoms with Gasteiger partial charge in [0.05, 0.1) is 0 Å². The fourth-order valence-electron chi connectivity index (χ4n) is 4.02. The summed E-state index contributed by atoms with van der Waals surface area (Å²) in [6.07, 6.45) is 13.0. The van der Waals surface area contributed by atoms with Crippen LogP contribution in [0.2, 0.25) is 0 Å². The molecule has 1 atom stereocenters. The molecule has 0 amide bonds. The number of piperidine rings is 1. The molecule has 1 aliphatic heterocycles. The Balaban J connectivity index is 1.48. The van der Waals surface area contributed by atoms with Gasteiger partial charge in [0.1, 0.15) is 0 Å². The van der Waals surface area contributed by atoms with Crippen molar-refractivity contribution in [3.8, 4) is 0 Å². The van der Waals surface area contributed by atoms with Gasteiger partial charge in [-0.2, -0.15) is 0 Å². The molecule has 2 saturated carbocycles. The van der Waals surface area contributed by atoms with Crippen molar-refractivity contribution in [2.45, 2.75) is 76.8 Å². The lowest BCUT2D eigenvalue weighted by molar-refractivity contribution is 0.0937. The summed E-state index contributed by atoms with van der Waals surface area (Å²) in [6.45, 7) is 6.55. The molecule has 0 aromatic heterocycles. The van der Waals surface area contributed by atoms with Crippen molar-refractivity contribution < 1.29 is 0 Å². The molecule has 104 valence electrons. The molecule has 0 radical (unpaired) electrons. The van der Waals surface area contributed by atoms with Gasteiger partial charge in [-0.1, -0.05) is 26.2 Å². The van der Waals surface area contributed by atoms with Gasteiger partial charge in [0, 0.05) is 25.2 Å². The van der Waals surface area contributed by atoms with Crippen LogP contribution in [0.5, 0.6) is 0 Å². The molecule has 1 unspecified atom stereocenters. The summed E-state index contributed by atoms with van der Waals surface area (Å²) in [5, 5.41) is 3.83. The molecule has 2 nitrogen and oxygen atoms in total. The minimum atomic E-state index is 0.625. The van der Waals surface area contributed by atoms with Gasteiger partial charge in [-0.3, -0.25) is 0 Å². The van der Waals surface area contributed by atoms with Crippen molar-refractivity contribution in [2.75, 3.05) is 19.6 Å². The van der Waals surface area contributed by atoms with Gasteiger partial charge in [-0.05, 0) is 50.5 Å². The quantitative estimate of drug-likeness (QED) is 0.824. The minimum absolute atomic E-state index is 0.625. The zero-order chi connectivity index (χ0) is 12.4. The van der Waals surface area contributed by atoms with Crippen molar-refractivity contribution in [3.05, 3.63) is 0 Å². The van der Waals surface area contributed by atoms with Crippen molar-refractivity contribution in [1.82, 2.24) is 10.2 Å². The molecule has 3 rings (SSSR count). The van der Waals surface area contributed by atoms with Crippen LogP contribution in [0.4, 0.5) is 0 Å². The van der Waals surface area contributed by atoms with E-state index >= 15 is 0 Å². The van der Waals surface area contributed by atoms with Gasteiger partial charge in [0.15, 0.2) is 0 Å². The summed E-state index contributed by atoms with van der Waals surface area (Å²) in [5.74, 6) is 0. The van der Waals surface area contributed by atoms with E-state index in [9.17, 15) is 0 Å². The molecule has 1 heterocycles. The topological polar surface area (TPSA) is 15.3 Å². The second kappa shape index (κ2) is 5.50. The summed E-state index contributed by atoms with van der Waals surface area (Å²) in [7, 11) is 0. The number of likely N-dealkylation sites (tertiary alicyclic amines) is 1. The van der Waals surface area contributed by atoms with Gasteiger partial charge in [-0.25, -0.2) is 0 Å². The SMILES string of the molecule is CC1(CN2CCCC(NC3CC3)C2)CCCCC1. The molecular weight excluding hydrogens is 220 g/mol. The Bertz CT molecular complexity index is 266. The Kier molecular flexibility index (Phi) is 3.95. The molecule has 3 fully saturated rings. The lowest BCUT2D eigenvalue weighted by Crippen LogP contribution is -2.49. The molecular formula is C16H30N2. The molecule has 3 aliphatic rings. The van der Waals surface area contributed by atoms with Crippen molar-refractivity contribution >= 4 is 0 Å². The first-order chi connectivity index (χ1) is 8.73. The maximum Gasteiger partial charge on any atom is 0.0198 e. The summed E-state index contributed by atoms with van der Waals surface area (Å²) >= 11 is 0. The lowest BCUT2D eigenvalue weighted by Gasteiger charge is -2.41. The Hall–Kier alpha value is -0.0800. The number of hydrogen-bond donors (Lipinski definition) is 1. The molecule has 2 aliphatic carbocycles. The minimum Gasteiger partial charge on any atom is -0.310 e. The summed E-state index contributed by atoms with van der Waals surface area (Å²) in [5.41, 5.74) is 0.625. The smallest absolute Gasteiger partial charge is 0.0198 e. The molecule has 1 N–H and O–H groups in total. The van der Waals surface area contributed by atoms with Gasteiger partial charge in [-0.15, -0.1) is 0 Å². The first-order valence-electron chi connectivity index (χ1n) is 8.22. The summed E-state index contributed by atoms with van der Waals surface area (Å²) in [4.78, 5) is 2.76. The predicted molar refractivity (Wildman–Crippen MR) is 76.8 cm³/mol. The maximum atomic E-state index is 3.83. The van der Waals surface area contributed by atoms with E-state index in [1.54, 1.807) is 0 Å². The van der Waals surface area contributed by atoms with Crippen LogP contribution in [0.3, 0.4) is 0 Å². The van der Waals surface area contributed by atoms with Crippen LogP contribution in [-0.4, -0.2) is 36.6 Å². The molecule has 1 saturated heterocycles. The largest absolute Gasteiger partial charge is 0.310 e. The Morgan fingerprint density at radius 1 is 1.00 bits per heavy atom. The third-order valence-corrected chi connectivity index (χ3v) is 5.22. The Labute approximate surface area is 113 Å². The highest BCUT2D eigenvalue weighted by molar-refractivity contribution is 4.90. The van der Waals surface area contributed by atoms with E-state index in [0.717, 1.165) is 12.1 Å². The van der Waals surface area contributed by atoms with Crippen LogP contribution in [0.1, 0.15) is 64.7 Å². The van der Waals surface area contributed by atoms with Crippen LogP contribution in [0.15, 0.2) is 0 Å². The van der Waals surface area contributed by atoms with Crippen LogP contribution < -0.4 is 5.32 Å². The van der Waals surface area contributed by atoms with E-state index in [2.05, 4.69) is 17.1 Å².